The minimum absolute atomic E-state index is 0.268. The summed E-state index contributed by atoms with van der Waals surface area (Å²) in [6.07, 6.45) is 3.16. The van der Waals surface area contributed by atoms with Crippen molar-refractivity contribution in [2.45, 2.75) is 6.92 Å². The molecule has 4 rings (SSSR count). The lowest BCUT2D eigenvalue weighted by Crippen LogP contribution is -2.22. The van der Waals surface area contributed by atoms with Crippen molar-refractivity contribution in [1.29, 1.82) is 0 Å². The highest BCUT2D eigenvalue weighted by Gasteiger charge is 2.17. The minimum atomic E-state index is -0.362. The van der Waals surface area contributed by atoms with E-state index >= 15 is 0 Å². The third-order valence-corrected chi connectivity index (χ3v) is 6.38. The number of hydrogen-bond donors (Lipinski definition) is 1. The molecule has 1 amide bonds. The number of anilines is 1. The number of rotatable bonds is 5. The van der Waals surface area contributed by atoms with E-state index < -0.39 is 0 Å². The first-order valence-corrected chi connectivity index (χ1v) is 10.8. The lowest BCUT2D eigenvalue weighted by atomic mass is 10.2. The second-order valence-electron chi connectivity index (χ2n) is 6.94. The maximum atomic E-state index is 12.9. The standard InChI is InChI=1S/C24H20ClN3O2S/c1-16-23(24(30)28(27(16)2)17-8-4-3-5-9-17)26-22(29)15-13-18-12-14-21(31-18)19-10-6-7-11-20(19)25/h3-15H,1-2H3,(H,26,29)/b15-13+. The van der Waals surface area contributed by atoms with Crippen LogP contribution >= 0.6 is 22.9 Å². The molecule has 5 nitrogen and oxygen atoms in total. The molecule has 2 heterocycles. The van der Waals surface area contributed by atoms with Crippen molar-refractivity contribution in [3.05, 3.63) is 98.8 Å². The Hall–Kier alpha value is -3.35. The number of hydrogen-bond acceptors (Lipinski definition) is 3. The van der Waals surface area contributed by atoms with Crippen LogP contribution in [0.25, 0.3) is 22.2 Å². The fourth-order valence-corrected chi connectivity index (χ4v) is 4.53. The number of halogens is 1. The first-order chi connectivity index (χ1) is 15.0. The Labute approximate surface area is 188 Å². The van der Waals surface area contributed by atoms with E-state index in [4.69, 9.17) is 11.6 Å². The Morgan fingerprint density at radius 3 is 2.48 bits per heavy atom. The summed E-state index contributed by atoms with van der Waals surface area (Å²) in [5.41, 5.74) is 2.36. The van der Waals surface area contributed by atoms with Gasteiger partial charge in [0.25, 0.3) is 5.56 Å². The number of nitrogens with zero attached hydrogens (tertiary/aromatic N) is 2. The van der Waals surface area contributed by atoms with Crippen LogP contribution in [0.15, 0.2) is 77.6 Å². The molecule has 2 aromatic heterocycles. The number of carbonyl (C=O) groups is 1. The highest BCUT2D eigenvalue weighted by molar-refractivity contribution is 7.16. The van der Waals surface area contributed by atoms with E-state index in [1.165, 1.54) is 22.1 Å². The summed E-state index contributed by atoms with van der Waals surface area (Å²) >= 11 is 7.80. The molecule has 0 saturated carbocycles. The lowest BCUT2D eigenvalue weighted by Gasteiger charge is -2.07. The smallest absolute Gasteiger partial charge is 0.295 e. The maximum absolute atomic E-state index is 12.9. The van der Waals surface area contributed by atoms with Gasteiger partial charge in [0.1, 0.15) is 5.69 Å². The number of para-hydroxylation sites is 1. The van der Waals surface area contributed by atoms with Crippen molar-refractivity contribution in [1.82, 2.24) is 9.36 Å². The van der Waals surface area contributed by atoms with E-state index in [1.807, 2.05) is 66.7 Å². The minimum Gasteiger partial charge on any atom is -0.316 e. The molecule has 0 aliphatic rings. The van der Waals surface area contributed by atoms with Gasteiger partial charge in [0, 0.05) is 33.5 Å². The zero-order valence-electron chi connectivity index (χ0n) is 17.0. The average Bonchev–Trinajstić information content (AvgIpc) is 3.32. The molecular weight excluding hydrogens is 430 g/mol. The van der Waals surface area contributed by atoms with E-state index in [1.54, 1.807) is 24.7 Å². The predicted octanol–water partition coefficient (Wildman–Crippen LogP) is 5.52. The van der Waals surface area contributed by atoms with Crippen LogP contribution in [0.4, 0.5) is 5.69 Å². The summed E-state index contributed by atoms with van der Waals surface area (Å²) in [6.45, 7) is 1.80. The summed E-state index contributed by atoms with van der Waals surface area (Å²) in [5.74, 6) is -0.362. The zero-order valence-corrected chi connectivity index (χ0v) is 18.6. The Morgan fingerprint density at radius 2 is 1.74 bits per heavy atom. The van der Waals surface area contributed by atoms with Gasteiger partial charge in [-0.25, -0.2) is 4.68 Å². The highest BCUT2D eigenvalue weighted by atomic mass is 35.5. The molecule has 0 radical (unpaired) electrons. The van der Waals surface area contributed by atoms with Crippen LogP contribution in [0.3, 0.4) is 0 Å². The Morgan fingerprint density at radius 1 is 1.03 bits per heavy atom. The van der Waals surface area contributed by atoms with Crippen molar-refractivity contribution in [2.24, 2.45) is 7.05 Å². The summed E-state index contributed by atoms with van der Waals surface area (Å²) in [7, 11) is 1.79. The van der Waals surface area contributed by atoms with Crippen molar-refractivity contribution in [3.63, 3.8) is 0 Å². The quantitative estimate of drug-likeness (QED) is 0.408. The molecule has 7 heteroatoms. The molecule has 0 spiro atoms. The third kappa shape index (κ3) is 4.26. The number of carbonyl (C=O) groups excluding carboxylic acids is 1. The Balaban J connectivity index is 1.53. The molecule has 0 saturated heterocycles. The largest absolute Gasteiger partial charge is 0.316 e. The van der Waals surface area contributed by atoms with Crippen LogP contribution in [0.2, 0.25) is 5.02 Å². The molecule has 0 unspecified atom stereocenters. The van der Waals surface area contributed by atoms with Crippen LogP contribution < -0.4 is 10.9 Å². The van der Waals surface area contributed by atoms with Gasteiger partial charge >= 0.3 is 0 Å². The topological polar surface area (TPSA) is 56.0 Å². The molecule has 0 aliphatic heterocycles. The molecule has 0 aliphatic carbocycles. The number of thiophene rings is 1. The molecule has 0 atom stereocenters. The summed E-state index contributed by atoms with van der Waals surface area (Å²) < 4.78 is 3.26. The van der Waals surface area contributed by atoms with Crippen LogP contribution in [-0.4, -0.2) is 15.3 Å². The van der Waals surface area contributed by atoms with Gasteiger partial charge in [0.2, 0.25) is 5.91 Å². The molecular formula is C24H20ClN3O2S. The first-order valence-electron chi connectivity index (χ1n) is 9.63. The molecule has 4 aromatic rings. The van der Waals surface area contributed by atoms with Gasteiger partial charge in [0.15, 0.2) is 0 Å². The van der Waals surface area contributed by atoms with Crippen LogP contribution in [0.1, 0.15) is 10.6 Å². The summed E-state index contributed by atoms with van der Waals surface area (Å²) in [6, 6.07) is 20.9. The van der Waals surface area contributed by atoms with E-state index in [9.17, 15) is 9.59 Å². The summed E-state index contributed by atoms with van der Waals surface area (Å²) in [5, 5.41) is 3.42. The van der Waals surface area contributed by atoms with E-state index in [-0.39, 0.29) is 17.2 Å². The van der Waals surface area contributed by atoms with Gasteiger partial charge in [-0.3, -0.25) is 14.3 Å². The number of aromatic nitrogens is 2. The molecule has 2 aromatic carbocycles. The normalized spacial score (nSPS) is 11.2. The third-order valence-electron chi connectivity index (χ3n) is 4.97. The highest BCUT2D eigenvalue weighted by Crippen LogP contribution is 2.33. The van der Waals surface area contributed by atoms with Gasteiger partial charge < -0.3 is 5.32 Å². The van der Waals surface area contributed by atoms with Gasteiger partial charge in [-0.05, 0) is 43.3 Å². The first kappa shape index (κ1) is 20.9. The van der Waals surface area contributed by atoms with Crippen molar-refractivity contribution in [2.75, 3.05) is 5.32 Å². The molecule has 0 fully saturated rings. The Kier molecular flexibility index (Phi) is 5.93. The fraction of sp³-hybridized carbons (Fsp3) is 0.0833. The number of amides is 1. The van der Waals surface area contributed by atoms with Crippen molar-refractivity contribution in [3.8, 4) is 16.1 Å². The second kappa shape index (κ2) is 8.79. The zero-order chi connectivity index (χ0) is 22.0. The molecule has 156 valence electrons. The number of nitrogens with one attached hydrogen (secondary N) is 1. The van der Waals surface area contributed by atoms with Crippen LogP contribution in [0.5, 0.6) is 0 Å². The predicted molar refractivity (Wildman–Crippen MR) is 128 cm³/mol. The maximum Gasteiger partial charge on any atom is 0.295 e. The van der Waals surface area contributed by atoms with Crippen molar-refractivity contribution < 1.29 is 4.79 Å². The SMILES string of the molecule is Cc1c(NC(=O)/C=C/c2ccc(-c3ccccc3Cl)s2)c(=O)n(-c2ccccc2)n1C. The van der Waals surface area contributed by atoms with Gasteiger partial charge in [0.05, 0.1) is 11.4 Å². The summed E-state index contributed by atoms with van der Waals surface area (Å²) in [4.78, 5) is 27.3. The van der Waals surface area contributed by atoms with Crippen molar-refractivity contribution >= 4 is 40.6 Å². The second-order valence-corrected chi connectivity index (χ2v) is 8.46. The van der Waals surface area contributed by atoms with E-state index in [2.05, 4.69) is 5.32 Å². The van der Waals surface area contributed by atoms with Crippen LogP contribution in [0, 0.1) is 6.92 Å². The monoisotopic (exact) mass is 449 g/mol. The Bertz CT molecular complexity index is 1330. The van der Waals surface area contributed by atoms with Gasteiger partial charge in [-0.1, -0.05) is 48.0 Å². The van der Waals surface area contributed by atoms with Gasteiger partial charge in [-0.2, -0.15) is 0 Å². The van der Waals surface area contributed by atoms with E-state index in [0.717, 1.165) is 21.0 Å². The van der Waals surface area contributed by atoms with E-state index in [0.29, 0.717) is 10.7 Å². The number of benzene rings is 2. The van der Waals surface area contributed by atoms with Crippen LogP contribution in [-0.2, 0) is 11.8 Å². The lowest BCUT2D eigenvalue weighted by molar-refractivity contribution is -0.111. The fourth-order valence-electron chi connectivity index (χ4n) is 3.28. The average molecular weight is 450 g/mol. The molecule has 0 bridgehead atoms. The molecule has 31 heavy (non-hydrogen) atoms. The van der Waals surface area contributed by atoms with Gasteiger partial charge in [-0.15, -0.1) is 11.3 Å². The molecule has 1 N–H and O–H groups in total.